The smallest absolute Gasteiger partial charge is 0.262 e. The third-order valence-corrected chi connectivity index (χ3v) is 4.55. The van der Waals surface area contributed by atoms with Crippen LogP contribution in [0.3, 0.4) is 0 Å². The Morgan fingerprint density at radius 3 is 2.84 bits per heavy atom. The predicted molar refractivity (Wildman–Crippen MR) is 98.5 cm³/mol. The molecule has 0 aliphatic carbocycles. The molecule has 2 heterocycles. The van der Waals surface area contributed by atoms with Gasteiger partial charge in [-0.05, 0) is 24.4 Å². The highest BCUT2D eigenvalue weighted by atomic mass is 32.1. The van der Waals surface area contributed by atoms with E-state index in [1.54, 1.807) is 23.6 Å². The molecule has 0 fully saturated rings. The maximum Gasteiger partial charge on any atom is 0.262 e. The van der Waals surface area contributed by atoms with Crippen LogP contribution in [0.1, 0.15) is 16.0 Å². The van der Waals surface area contributed by atoms with Crippen molar-refractivity contribution in [3.63, 3.8) is 0 Å². The number of rotatable bonds is 5. The Bertz CT molecular complexity index is 931. The number of nitrogens with zero attached hydrogens (tertiary/aromatic N) is 2. The molecule has 0 unspecified atom stereocenters. The summed E-state index contributed by atoms with van der Waals surface area (Å²) < 4.78 is 0. The molecule has 0 atom stereocenters. The van der Waals surface area contributed by atoms with Crippen LogP contribution < -0.4 is 5.32 Å². The molecular formula is C19H16N4OS. The van der Waals surface area contributed by atoms with Crippen molar-refractivity contribution in [3.05, 3.63) is 69.6 Å². The topological polar surface area (TPSA) is 81.6 Å². The molecule has 1 amide bonds. The van der Waals surface area contributed by atoms with E-state index in [4.69, 9.17) is 0 Å². The molecule has 0 radical (unpaired) electrons. The lowest BCUT2D eigenvalue weighted by atomic mass is 10.0. The summed E-state index contributed by atoms with van der Waals surface area (Å²) in [5, 5.41) is 21.0. The van der Waals surface area contributed by atoms with E-state index in [-0.39, 0.29) is 5.57 Å². The molecule has 0 aliphatic heterocycles. The zero-order valence-electron chi connectivity index (χ0n) is 13.6. The quantitative estimate of drug-likeness (QED) is 0.545. The zero-order chi connectivity index (χ0) is 17.6. The summed E-state index contributed by atoms with van der Waals surface area (Å²) in [6.07, 6.45) is 3.17. The van der Waals surface area contributed by atoms with Crippen LogP contribution in [-0.4, -0.2) is 16.1 Å². The highest BCUT2D eigenvalue weighted by Crippen LogP contribution is 2.23. The number of aromatic nitrogens is 2. The number of nitrogens with one attached hydrogen (secondary N) is 2. The van der Waals surface area contributed by atoms with Crippen molar-refractivity contribution in [2.75, 3.05) is 0 Å². The van der Waals surface area contributed by atoms with Gasteiger partial charge in [0.1, 0.15) is 11.6 Å². The maximum absolute atomic E-state index is 12.3. The summed E-state index contributed by atoms with van der Waals surface area (Å²) in [5.41, 5.74) is 3.63. The number of carbonyl (C=O) groups is 1. The van der Waals surface area contributed by atoms with Gasteiger partial charge in [0, 0.05) is 16.0 Å². The lowest BCUT2D eigenvalue weighted by Crippen LogP contribution is -2.23. The number of aromatic amines is 1. The largest absolute Gasteiger partial charge is 0.347 e. The fourth-order valence-electron chi connectivity index (χ4n) is 2.34. The van der Waals surface area contributed by atoms with Crippen LogP contribution in [0.4, 0.5) is 0 Å². The summed E-state index contributed by atoms with van der Waals surface area (Å²) in [7, 11) is 0. The van der Waals surface area contributed by atoms with E-state index in [1.807, 2.05) is 54.8 Å². The first-order chi connectivity index (χ1) is 12.2. The second-order valence-electron chi connectivity index (χ2n) is 5.50. The number of nitriles is 1. The number of hydrogen-bond donors (Lipinski definition) is 2. The average molecular weight is 348 g/mol. The second kappa shape index (κ2) is 7.60. The van der Waals surface area contributed by atoms with Gasteiger partial charge in [-0.25, -0.2) is 0 Å². The minimum atomic E-state index is -0.396. The molecule has 2 aromatic heterocycles. The van der Waals surface area contributed by atoms with Gasteiger partial charge in [0.05, 0.1) is 18.4 Å². The van der Waals surface area contributed by atoms with E-state index >= 15 is 0 Å². The lowest BCUT2D eigenvalue weighted by molar-refractivity contribution is -0.117. The number of thiophene rings is 1. The Morgan fingerprint density at radius 2 is 2.16 bits per heavy atom. The van der Waals surface area contributed by atoms with Crippen molar-refractivity contribution in [1.29, 1.82) is 5.26 Å². The summed E-state index contributed by atoms with van der Waals surface area (Å²) in [6.45, 7) is 2.43. The van der Waals surface area contributed by atoms with Gasteiger partial charge in [0.15, 0.2) is 0 Å². The zero-order valence-corrected chi connectivity index (χ0v) is 14.4. The molecule has 0 saturated heterocycles. The fraction of sp³-hybridized carbons (Fsp3) is 0.105. The Hall–Kier alpha value is -3.17. The molecule has 3 rings (SSSR count). The van der Waals surface area contributed by atoms with Crippen molar-refractivity contribution in [1.82, 2.24) is 15.5 Å². The van der Waals surface area contributed by atoms with Gasteiger partial charge < -0.3 is 5.32 Å². The van der Waals surface area contributed by atoms with E-state index < -0.39 is 5.91 Å². The monoisotopic (exact) mass is 348 g/mol. The van der Waals surface area contributed by atoms with Gasteiger partial charge in [-0.2, -0.15) is 10.4 Å². The lowest BCUT2D eigenvalue weighted by Gasteiger charge is -2.03. The van der Waals surface area contributed by atoms with Crippen LogP contribution in [0.2, 0.25) is 0 Å². The molecule has 124 valence electrons. The van der Waals surface area contributed by atoms with Gasteiger partial charge in [-0.3, -0.25) is 9.89 Å². The van der Waals surface area contributed by atoms with Crippen molar-refractivity contribution >= 4 is 23.3 Å². The molecule has 0 saturated carbocycles. The number of hydrogen-bond acceptors (Lipinski definition) is 4. The highest BCUT2D eigenvalue weighted by molar-refractivity contribution is 7.09. The van der Waals surface area contributed by atoms with Crippen LogP contribution in [0.15, 0.2) is 53.5 Å². The van der Waals surface area contributed by atoms with Gasteiger partial charge in [0.2, 0.25) is 0 Å². The number of carbonyl (C=O) groups excluding carboxylic acids is 1. The first kappa shape index (κ1) is 16.7. The first-order valence-corrected chi connectivity index (χ1v) is 8.58. The summed E-state index contributed by atoms with van der Waals surface area (Å²) in [5.74, 6) is -0.396. The molecule has 5 nitrogen and oxygen atoms in total. The van der Waals surface area contributed by atoms with E-state index in [0.29, 0.717) is 12.1 Å². The van der Waals surface area contributed by atoms with E-state index in [1.165, 1.54) is 0 Å². The third-order valence-electron chi connectivity index (χ3n) is 3.68. The number of benzene rings is 1. The normalized spacial score (nSPS) is 11.1. The van der Waals surface area contributed by atoms with Crippen LogP contribution in [-0.2, 0) is 11.3 Å². The average Bonchev–Trinajstić information content (AvgIpc) is 3.30. The van der Waals surface area contributed by atoms with E-state index in [0.717, 1.165) is 21.7 Å². The van der Waals surface area contributed by atoms with Gasteiger partial charge >= 0.3 is 0 Å². The molecule has 2 N–H and O–H groups in total. The van der Waals surface area contributed by atoms with Crippen molar-refractivity contribution < 1.29 is 4.79 Å². The summed E-state index contributed by atoms with van der Waals surface area (Å²) >= 11 is 1.56. The molecule has 0 spiro atoms. The standard InChI is InChI=1S/C19H16N4OS/c1-13-4-6-14(7-5-13)18-16(11-22-23-18)9-15(10-20)19(24)21-12-17-3-2-8-25-17/h2-9,11H,12H2,1H3,(H,21,24)(H,22,23)/b15-9+. The number of H-pyrrole nitrogens is 1. The van der Waals surface area contributed by atoms with Crippen LogP contribution >= 0.6 is 11.3 Å². The number of amides is 1. The SMILES string of the molecule is Cc1ccc(-c2[nH]ncc2/C=C(\C#N)C(=O)NCc2cccs2)cc1. The second-order valence-corrected chi connectivity index (χ2v) is 6.53. The molecule has 25 heavy (non-hydrogen) atoms. The third kappa shape index (κ3) is 4.03. The Kier molecular flexibility index (Phi) is 5.07. The Balaban J connectivity index is 1.81. The van der Waals surface area contributed by atoms with Gasteiger partial charge in [-0.15, -0.1) is 11.3 Å². The van der Waals surface area contributed by atoms with Crippen LogP contribution in [0.25, 0.3) is 17.3 Å². The van der Waals surface area contributed by atoms with Gasteiger partial charge in [-0.1, -0.05) is 35.9 Å². The predicted octanol–water partition coefficient (Wildman–Crippen LogP) is 3.67. The van der Waals surface area contributed by atoms with Crippen LogP contribution in [0, 0.1) is 18.3 Å². The molecule has 0 aliphatic rings. The van der Waals surface area contributed by atoms with E-state index in [2.05, 4.69) is 15.5 Å². The molecule has 1 aromatic carbocycles. The minimum Gasteiger partial charge on any atom is -0.347 e. The van der Waals surface area contributed by atoms with Crippen molar-refractivity contribution in [3.8, 4) is 17.3 Å². The van der Waals surface area contributed by atoms with Crippen molar-refractivity contribution in [2.45, 2.75) is 13.5 Å². The molecule has 3 aromatic rings. The molecule has 0 bridgehead atoms. The Morgan fingerprint density at radius 1 is 1.36 bits per heavy atom. The Labute approximate surface area is 149 Å². The number of aryl methyl sites for hydroxylation is 1. The maximum atomic E-state index is 12.3. The minimum absolute atomic E-state index is 0.0475. The first-order valence-electron chi connectivity index (χ1n) is 7.70. The summed E-state index contributed by atoms with van der Waals surface area (Å²) in [6, 6.07) is 13.8. The molecular weight excluding hydrogens is 332 g/mol. The van der Waals surface area contributed by atoms with Gasteiger partial charge in [0.25, 0.3) is 5.91 Å². The summed E-state index contributed by atoms with van der Waals surface area (Å²) in [4.78, 5) is 13.3. The van der Waals surface area contributed by atoms with E-state index in [9.17, 15) is 10.1 Å². The molecule has 6 heteroatoms. The van der Waals surface area contributed by atoms with Crippen LogP contribution in [0.5, 0.6) is 0 Å². The van der Waals surface area contributed by atoms with Crippen molar-refractivity contribution in [2.24, 2.45) is 0 Å². The fourth-order valence-corrected chi connectivity index (χ4v) is 2.98. The highest BCUT2D eigenvalue weighted by Gasteiger charge is 2.12.